The predicted molar refractivity (Wildman–Crippen MR) is 41.5 cm³/mol. The fourth-order valence-corrected chi connectivity index (χ4v) is 0.973. The van der Waals surface area contributed by atoms with E-state index in [-0.39, 0.29) is 6.42 Å². The van der Waals surface area contributed by atoms with Crippen LogP contribution in [0.2, 0.25) is 0 Å². The van der Waals surface area contributed by atoms with Gasteiger partial charge in [-0.3, -0.25) is 4.79 Å². The molecule has 0 saturated heterocycles. The Balaban J connectivity index is 2.65. The molecule has 0 saturated carbocycles. The number of H-pyrrole nitrogens is 1. The molecule has 0 fully saturated rings. The molecule has 1 aromatic heterocycles. The largest absolute Gasteiger partial charge is 0.481 e. The molecule has 0 aliphatic heterocycles. The van der Waals surface area contributed by atoms with Gasteiger partial charge in [0.2, 0.25) is 0 Å². The normalized spacial score (nSPS) is 9.91. The molecule has 2 N–H and O–H groups in total. The van der Waals surface area contributed by atoms with Gasteiger partial charge in [0, 0.05) is 11.9 Å². The van der Waals surface area contributed by atoms with Gasteiger partial charge in [0.05, 0.1) is 6.42 Å². The number of rotatable bonds is 3. The second-order valence-electron chi connectivity index (χ2n) is 2.46. The Hall–Kier alpha value is -1.25. The highest BCUT2D eigenvalue weighted by molar-refractivity contribution is 5.70. The minimum Gasteiger partial charge on any atom is -0.481 e. The molecule has 1 heterocycles. The van der Waals surface area contributed by atoms with Gasteiger partial charge in [-0.2, -0.15) is 0 Å². The highest BCUT2D eigenvalue weighted by atomic mass is 16.4. The number of hydrogen-bond acceptors (Lipinski definition) is 1. The molecule has 0 spiro atoms. The summed E-state index contributed by atoms with van der Waals surface area (Å²) in [5.41, 5.74) is 1.93. The molecule has 3 nitrogen and oxygen atoms in total. The van der Waals surface area contributed by atoms with Crippen LogP contribution >= 0.6 is 0 Å². The molecule has 0 unspecified atom stereocenters. The summed E-state index contributed by atoms with van der Waals surface area (Å²) in [6.07, 6.45) is 2.77. The first-order chi connectivity index (χ1) is 5.22. The van der Waals surface area contributed by atoms with Gasteiger partial charge in [-0.15, -0.1) is 0 Å². The fourth-order valence-electron chi connectivity index (χ4n) is 0.973. The van der Waals surface area contributed by atoms with Crippen LogP contribution in [-0.4, -0.2) is 16.1 Å². The Labute approximate surface area is 65.1 Å². The lowest BCUT2D eigenvalue weighted by atomic mass is 10.2. The van der Waals surface area contributed by atoms with Gasteiger partial charge < -0.3 is 10.1 Å². The standard InChI is InChI=1S/C8H11NO2/c1-2-7-3-6(5-9-7)4-8(10)11/h3,5,9H,2,4H2,1H3,(H,10,11). The Bertz CT molecular complexity index is 252. The van der Waals surface area contributed by atoms with Crippen LogP contribution in [0.1, 0.15) is 18.2 Å². The van der Waals surface area contributed by atoms with Gasteiger partial charge in [0.15, 0.2) is 0 Å². The summed E-state index contributed by atoms with van der Waals surface area (Å²) >= 11 is 0. The number of aryl methyl sites for hydroxylation is 1. The zero-order valence-electron chi connectivity index (χ0n) is 6.42. The summed E-state index contributed by atoms with van der Waals surface area (Å²) in [6, 6.07) is 1.88. The van der Waals surface area contributed by atoms with Crippen molar-refractivity contribution < 1.29 is 9.90 Å². The van der Waals surface area contributed by atoms with Crippen molar-refractivity contribution in [1.82, 2.24) is 4.98 Å². The number of hydrogen-bond donors (Lipinski definition) is 2. The second kappa shape index (κ2) is 3.23. The molecule has 0 aromatic carbocycles. The molecule has 0 radical (unpaired) electrons. The highest BCUT2D eigenvalue weighted by Crippen LogP contribution is 2.04. The van der Waals surface area contributed by atoms with Crippen LogP contribution in [-0.2, 0) is 17.6 Å². The number of carboxylic acid groups (broad SMARTS) is 1. The van der Waals surface area contributed by atoms with E-state index >= 15 is 0 Å². The van der Waals surface area contributed by atoms with E-state index in [9.17, 15) is 4.79 Å². The molecule has 1 rings (SSSR count). The highest BCUT2D eigenvalue weighted by Gasteiger charge is 2.01. The molecular weight excluding hydrogens is 142 g/mol. The first-order valence-electron chi connectivity index (χ1n) is 3.60. The molecule has 0 amide bonds. The second-order valence-corrected chi connectivity index (χ2v) is 2.46. The van der Waals surface area contributed by atoms with Crippen molar-refractivity contribution in [3.8, 4) is 0 Å². The lowest BCUT2D eigenvalue weighted by molar-refractivity contribution is -0.136. The molecular formula is C8H11NO2. The Morgan fingerprint density at radius 3 is 2.91 bits per heavy atom. The summed E-state index contributed by atoms with van der Waals surface area (Å²) in [4.78, 5) is 13.2. The lowest BCUT2D eigenvalue weighted by Crippen LogP contribution is -1.97. The van der Waals surface area contributed by atoms with Crippen molar-refractivity contribution in [3.63, 3.8) is 0 Å². The zero-order chi connectivity index (χ0) is 8.27. The quantitative estimate of drug-likeness (QED) is 0.685. The summed E-state index contributed by atoms with van der Waals surface area (Å²) in [5.74, 6) is -0.786. The Morgan fingerprint density at radius 2 is 2.45 bits per heavy atom. The number of nitrogens with one attached hydrogen (secondary N) is 1. The molecule has 3 heteroatoms. The molecule has 1 aromatic rings. The maximum atomic E-state index is 10.3. The third kappa shape index (κ3) is 2.11. The molecule has 60 valence electrons. The number of aliphatic carboxylic acids is 1. The van der Waals surface area contributed by atoms with E-state index in [1.54, 1.807) is 6.20 Å². The monoisotopic (exact) mass is 153 g/mol. The van der Waals surface area contributed by atoms with Crippen LogP contribution in [0.3, 0.4) is 0 Å². The van der Waals surface area contributed by atoms with Crippen LogP contribution in [0, 0.1) is 0 Å². The molecule has 0 bridgehead atoms. The molecule has 0 atom stereocenters. The van der Waals surface area contributed by atoms with Crippen LogP contribution in [0.4, 0.5) is 0 Å². The molecule has 11 heavy (non-hydrogen) atoms. The first-order valence-corrected chi connectivity index (χ1v) is 3.60. The summed E-state index contributed by atoms with van der Waals surface area (Å²) in [6.45, 7) is 2.02. The van der Waals surface area contributed by atoms with E-state index in [2.05, 4.69) is 4.98 Å². The average molecular weight is 153 g/mol. The third-order valence-corrected chi connectivity index (χ3v) is 1.54. The van der Waals surface area contributed by atoms with E-state index in [0.717, 1.165) is 17.7 Å². The minimum atomic E-state index is -0.786. The van der Waals surface area contributed by atoms with Crippen molar-refractivity contribution in [3.05, 3.63) is 23.5 Å². The smallest absolute Gasteiger partial charge is 0.307 e. The van der Waals surface area contributed by atoms with Gasteiger partial charge in [-0.05, 0) is 18.1 Å². The lowest BCUT2D eigenvalue weighted by Gasteiger charge is -1.87. The topological polar surface area (TPSA) is 53.1 Å². The van der Waals surface area contributed by atoms with E-state index < -0.39 is 5.97 Å². The number of carboxylic acids is 1. The first kappa shape index (κ1) is 7.85. The molecule has 0 aliphatic carbocycles. The van der Waals surface area contributed by atoms with E-state index in [1.165, 1.54) is 0 Å². The Morgan fingerprint density at radius 1 is 1.73 bits per heavy atom. The summed E-state index contributed by atoms with van der Waals surface area (Å²) in [7, 11) is 0. The van der Waals surface area contributed by atoms with Crippen molar-refractivity contribution >= 4 is 5.97 Å². The third-order valence-electron chi connectivity index (χ3n) is 1.54. The van der Waals surface area contributed by atoms with Gasteiger partial charge in [-0.1, -0.05) is 6.92 Å². The van der Waals surface area contributed by atoms with Gasteiger partial charge >= 0.3 is 5.97 Å². The van der Waals surface area contributed by atoms with Crippen LogP contribution in [0.25, 0.3) is 0 Å². The van der Waals surface area contributed by atoms with Crippen molar-refractivity contribution in [2.75, 3.05) is 0 Å². The summed E-state index contributed by atoms with van der Waals surface area (Å²) < 4.78 is 0. The van der Waals surface area contributed by atoms with Gasteiger partial charge in [0.1, 0.15) is 0 Å². The summed E-state index contributed by atoms with van der Waals surface area (Å²) in [5, 5.41) is 8.43. The van der Waals surface area contributed by atoms with Crippen LogP contribution in [0.5, 0.6) is 0 Å². The number of aromatic nitrogens is 1. The van der Waals surface area contributed by atoms with E-state index in [0.29, 0.717) is 0 Å². The van der Waals surface area contributed by atoms with Crippen molar-refractivity contribution in [2.45, 2.75) is 19.8 Å². The minimum absolute atomic E-state index is 0.108. The SMILES string of the molecule is CCc1cc(CC(=O)O)c[nH]1. The maximum Gasteiger partial charge on any atom is 0.307 e. The van der Waals surface area contributed by atoms with E-state index in [4.69, 9.17) is 5.11 Å². The number of aromatic amines is 1. The Kier molecular flexibility index (Phi) is 2.31. The van der Waals surface area contributed by atoms with E-state index in [1.807, 2.05) is 13.0 Å². The van der Waals surface area contributed by atoms with Gasteiger partial charge in [0.25, 0.3) is 0 Å². The van der Waals surface area contributed by atoms with Crippen LogP contribution < -0.4 is 0 Å². The molecule has 0 aliphatic rings. The van der Waals surface area contributed by atoms with Crippen molar-refractivity contribution in [2.24, 2.45) is 0 Å². The maximum absolute atomic E-state index is 10.3. The average Bonchev–Trinajstić information content (AvgIpc) is 2.34. The number of carbonyl (C=O) groups is 1. The predicted octanol–water partition coefficient (Wildman–Crippen LogP) is 1.20. The van der Waals surface area contributed by atoms with Crippen molar-refractivity contribution in [1.29, 1.82) is 0 Å². The van der Waals surface area contributed by atoms with Crippen LogP contribution in [0.15, 0.2) is 12.3 Å². The van der Waals surface area contributed by atoms with Gasteiger partial charge in [-0.25, -0.2) is 0 Å². The zero-order valence-corrected chi connectivity index (χ0v) is 6.42. The fraction of sp³-hybridized carbons (Fsp3) is 0.375.